The van der Waals surface area contributed by atoms with Crippen molar-refractivity contribution in [3.8, 4) is 0 Å². The molecule has 1 atom stereocenters. The molecular formula is C16H17Cl2NO. The monoisotopic (exact) mass is 309 g/mol. The van der Waals surface area contributed by atoms with E-state index in [-0.39, 0.29) is 6.61 Å². The first kappa shape index (κ1) is 15.3. The smallest absolute Gasteiger partial charge is 0.0652 e. The topological polar surface area (TPSA) is 32.3 Å². The Hall–Kier alpha value is -1.06. The van der Waals surface area contributed by atoms with Gasteiger partial charge in [-0.05, 0) is 30.2 Å². The van der Waals surface area contributed by atoms with Gasteiger partial charge in [0.05, 0.1) is 22.2 Å². The van der Waals surface area contributed by atoms with Gasteiger partial charge in [-0.1, -0.05) is 59.6 Å². The van der Waals surface area contributed by atoms with E-state index in [0.29, 0.717) is 16.6 Å². The highest BCUT2D eigenvalue weighted by Gasteiger charge is 2.24. The molecule has 0 aliphatic rings. The van der Waals surface area contributed by atoms with E-state index in [2.05, 4.69) is 5.32 Å². The Morgan fingerprint density at radius 1 is 1.05 bits per heavy atom. The number of halogens is 2. The molecule has 4 heteroatoms. The predicted octanol–water partition coefficient (Wildman–Crippen LogP) is 3.99. The summed E-state index contributed by atoms with van der Waals surface area (Å²) in [5.41, 5.74) is 1.57. The van der Waals surface area contributed by atoms with Crippen LogP contribution in [-0.4, -0.2) is 11.7 Å². The van der Waals surface area contributed by atoms with E-state index < -0.39 is 5.54 Å². The van der Waals surface area contributed by atoms with Crippen molar-refractivity contribution < 1.29 is 5.11 Å². The molecule has 2 N–H and O–H groups in total. The number of hydrogen-bond acceptors (Lipinski definition) is 2. The predicted molar refractivity (Wildman–Crippen MR) is 84.2 cm³/mol. The molecule has 2 rings (SSSR count). The zero-order valence-electron chi connectivity index (χ0n) is 11.2. The lowest BCUT2D eigenvalue weighted by Crippen LogP contribution is -2.42. The van der Waals surface area contributed by atoms with Crippen molar-refractivity contribution in [1.82, 2.24) is 5.32 Å². The quantitative estimate of drug-likeness (QED) is 0.875. The largest absolute Gasteiger partial charge is 0.394 e. The van der Waals surface area contributed by atoms with Crippen LogP contribution in [0.1, 0.15) is 18.1 Å². The highest BCUT2D eigenvalue weighted by Crippen LogP contribution is 2.24. The first-order chi connectivity index (χ1) is 9.55. The molecule has 2 aromatic rings. The van der Waals surface area contributed by atoms with Crippen molar-refractivity contribution in [2.45, 2.75) is 19.0 Å². The number of hydrogen-bond donors (Lipinski definition) is 2. The second-order valence-electron chi connectivity index (χ2n) is 4.96. The van der Waals surface area contributed by atoms with Gasteiger partial charge in [0.1, 0.15) is 0 Å². The molecule has 0 amide bonds. The van der Waals surface area contributed by atoms with Crippen molar-refractivity contribution in [3.63, 3.8) is 0 Å². The summed E-state index contributed by atoms with van der Waals surface area (Å²) in [6.07, 6.45) is 0. The first-order valence-electron chi connectivity index (χ1n) is 6.40. The van der Waals surface area contributed by atoms with E-state index in [0.717, 1.165) is 11.1 Å². The SMILES string of the molecule is CC(CO)(NCc1ccc(Cl)c(Cl)c1)c1ccccc1. The van der Waals surface area contributed by atoms with Crippen molar-refractivity contribution in [3.05, 3.63) is 69.7 Å². The number of benzene rings is 2. The summed E-state index contributed by atoms with van der Waals surface area (Å²) in [4.78, 5) is 0. The van der Waals surface area contributed by atoms with Crippen LogP contribution in [0.4, 0.5) is 0 Å². The summed E-state index contributed by atoms with van der Waals surface area (Å²) in [6, 6.07) is 15.4. The summed E-state index contributed by atoms with van der Waals surface area (Å²) in [7, 11) is 0. The van der Waals surface area contributed by atoms with Crippen LogP contribution in [0.3, 0.4) is 0 Å². The van der Waals surface area contributed by atoms with Gasteiger partial charge < -0.3 is 10.4 Å². The number of rotatable bonds is 5. The van der Waals surface area contributed by atoms with Crippen molar-refractivity contribution in [2.75, 3.05) is 6.61 Å². The fourth-order valence-electron chi connectivity index (χ4n) is 2.00. The minimum absolute atomic E-state index is 0.0122. The van der Waals surface area contributed by atoms with Crippen LogP contribution in [0.2, 0.25) is 10.0 Å². The first-order valence-corrected chi connectivity index (χ1v) is 7.16. The molecule has 1 unspecified atom stereocenters. The summed E-state index contributed by atoms with van der Waals surface area (Å²) in [6.45, 7) is 2.58. The Kier molecular flexibility index (Phi) is 5.06. The molecule has 0 radical (unpaired) electrons. The minimum Gasteiger partial charge on any atom is -0.394 e. The van der Waals surface area contributed by atoms with Crippen LogP contribution in [0.5, 0.6) is 0 Å². The number of aliphatic hydroxyl groups is 1. The highest BCUT2D eigenvalue weighted by molar-refractivity contribution is 6.42. The molecular weight excluding hydrogens is 293 g/mol. The summed E-state index contributed by atoms with van der Waals surface area (Å²) in [5.74, 6) is 0. The Balaban J connectivity index is 2.13. The van der Waals surface area contributed by atoms with E-state index in [1.165, 1.54) is 0 Å². The standard InChI is InChI=1S/C16H17Cl2NO/c1-16(11-20,13-5-3-2-4-6-13)19-10-12-7-8-14(17)15(18)9-12/h2-9,19-20H,10-11H2,1H3. The Morgan fingerprint density at radius 3 is 2.35 bits per heavy atom. The lowest BCUT2D eigenvalue weighted by molar-refractivity contribution is 0.173. The second kappa shape index (κ2) is 6.59. The molecule has 2 nitrogen and oxygen atoms in total. The number of nitrogens with one attached hydrogen (secondary N) is 1. The van der Waals surface area contributed by atoms with Gasteiger partial charge in [0.2, 0.25) is 0 Å². The molecule has 0 bridgehead atoms. The van der Waals surface area contributed by atoms with Gasteiger partial charge in [0, 0.05) is 6.54 Å². The van der Waals surface area contributed by atoms with Crippen LogP contribution in [0.25, 0.3) is 0 Å². The average Bonchev–Trinajstić information content (AvgIpc) is 2.49. The molecule has 0 heterocycles. The third-order valence-electron chi connectivity index (χ3n) is 3.39. The maximum atomic E-state index is 9.71. The molecule has 2 aromatic carbocycles. The maximum absolute atomic E-state index is 9.71. The molecule has 0 aromatic heterocycles. The third-order valence-corrected chi connectivity index (χ3v) is 4.13. The second-order valence-corrected chi connectivity index (χ2v) is 5.77. The summed E-state index contributed by atoms with van der Waals surface area (Å²) >= 11 is 11.9. The van der Waals surface area contributed by atoms with Gasteiger partial charge in [-0.25, -0.2) is 0 Å². The Bertz CT molecular complexity index is 574. The van der Waals surface area contributed by atoms with E-state index >= 15 is 0 Å². The molecule has 0 spiro atoms. The Morgan fingerprint density at radius 2 is 1.75 bits per heavy atom. The molecule has 0 saturated heterocycles. The zero-order valence-corrected chi connectivity index (χ0v) is 12.7. The minimum atomic E-state index is -0.493. The lowest BCUT2D eigenvalue weighted by Gasteiger charge is -2.29. The van der Waals surface area contributed by atoms with Crippen LogP contribution in [-0.2, 0) is 12.1 Å². The molecule has 0 aliphatic carbocycles. The number of aliphatic hydroxyl groups excluding tert-OH is 1. The van der Waals surface area contributed by atoms with E-state index in [1.54, 1.807) is 6.07 Å². The average molecular weight is 310 g/mol. The van der Waals surface area contributed by atoms with E-state index in [9.17, 15) is 5.11 Å². The molecule has 0 saturated carbocycles. The summed E-state index contributed by atoms with van der Waals surface area (Å²) < 4.78 is 0. The normalized spacial score (nSPS) is 14.0. The van der Waals surface area contributed by atoms with Gasteiger partial charge in [0.25, 0.3) is 0 Å². The fourth-order valence-corrected chi connectivity index (χ4v) is 2.32. The van der Waals surface area contributed by atoms with Gasteiger partial charge in [-0.15, -0.1) is 0 Å². The van der Waals surface area contributed by atoms with Crippen LogP contribution in [0.15, 0.2) is 48.5 Å². The molecule has 20 heavy (non-hydrogen) atoms. The summed E-state index contributed by atoms with van der Waals surface area (Å²) in [5, 5.41) is 14.2. The fraction of sp³-hybridized carbons (Fsp3) is 0.250. The van der Waals surface area contributed by atoms with Crippen LogP contribution in [0, 0.1) is 0 Å². The Labute approximate surface area is 129 Å². The molecule has 106 valence electrons. The van der Waals surface area contributed by atoms with Gasteiger partial charge in [0.15, 0.2) is 0 Å². The van der Waals surface area contributed by atoms with Crippen molar-refractivity contribution in [1.29, 1.82) is 0 Å². The van der Waals surface area contributed by atoms with Gasteiger partial charge in [-0.3, -0.25) is 0 Å². The van der Waals surface area contributed by atoms with Crippen LogP contribution < -0.4 is 5.32 Å². The zero-order chi connectivity index (χ0) is 14.6. The lowest BCUT2D eigenvalue weighted by atomic mass is 9.92. The van der Waals surface area contributed by atoms with Crippen LogP contribution >= 0.6 is 23.2 Å². The van der Waals surface area contributed by atoms with E-state index in [4.69, 9.17) is 23.2 Å². The molecule has 0 aliphatic heterocycles. The van der Waals surface area contributed by atoms with Gasteiger partial charge >= 0.3 is 0 Å². The van der Waals surface area contributed by atoms with E-state index in [1.807, 2.05) is 49.4 Å². The van der Waals surface area contributed by atoms with Gasteiger partial charge in [-0.2, -0.15) is 0 Å². The molecule has 0 fully saturated rings. The highest BCUT2D eigenvalue weighted by atomic mass is 35.5. The van der Waals surface area contributed by atoms with Crippen molar-refractivity contribution in [2.24, 2.45) is 0 Å². The van der Waals surface area contributed by atoms with Crippen molar-refractivity contribution >= 4 is 23.2 Å². The third kappa shape index (κ3) is 3.53. The maximum Gasteiger partial charge on any atom is 0.0652 e.